The van der Waals surface area contributed by atoms with Crippen molar-refractivity contribution in [2.24, 2.45) is 166 Å². The number of hydrogen-bond acceptors (Lipinski definition) is 0. The van der Waals surface area contributed by atoms with E-state index in [2.05, 4.69) is 0 Å². The molecule has 0 amide bonds. The predicted octanol–water partition coefficient (Wildman–Crippen LogP) is 41.7. The molecule has 0 aliphatic heterocycles. The standard InChI is InChI=1S/C12H22.2C11H20.2C10H18.4C9H16.2C8H14.2C7H12.C6H10/c1-2-6-12-9-3-7-11(5-1)8-4-10-12;1-4-10-6-2-7-11(5-1)9-3-8-10;1-2-5-11-7-3-6-10(4-1)8-9-11;1-3-9-5-2-6-10(4-1)8-7-9;1-2-4-10-7-5-9(3-1)6-8-10;2*1-3-8-5-2-6-9(4-1)7-8;1-2-8-4-6-9(3-1)7-5-8;1-2-4-9-6-5-8(3-1)7-9;1-2-8-5-3-7(1)4-6-8;1-2-7-4-5-8(3-1)6-7;1-2-7-4-3-6(1)5-7;1-2-6-4-7(3-1)5-6;1-2-6-3-5(1)4-6/h11-12H,1-10H2;2*10-11H,1-9H2;2*9-10H,1-8H2;4*8-9H,1-7H2;2*7-8H,1-6H2;2*6-7H,1-5H2;5-6H,1-4H2. The van der Waals surface area contributed by atoms with Gasteiger partial charge >= 0.3 is 0 Å². The molecule has 28 bridgehead atoms. The van der Waals surface area contributed by atoms with Crippen molar-refractivity contribution in [3.05, 3.63) is 0 Å². The Labute approximate surface area is 789 Å². The summed E-state index contributed by atoms with van der Waals surface area (Å²) >= 11 is 0. The summed E-state index contributed by atoms with van der Waals surface area (Å²) in [6, 6.07) is 0. The molecule has 0 heteroatoms. The van der Waals surface area contributed by atoms with E-state index in [1.807, 2.05) is 0 Å². The monoisotopic (exact) mass is 1740 g/mol. The van der Waals surface area contributed by atoms with E-state index in [-0.39, 0.29) is 0 Å². The van der Waals surface area contributed by atoms with E-state index in [0.29, 0.717) is 0 Å². The minimum atomic E-state index is 1.11. The SMILES string of the molecule is C1CC2CC(C1)C2.C1CC2CC1C2.C1CC2CCC(C1)C2.C1CC2CCC(C1)CC2.C1CC2CCC1C2.C1CC2CCC1CC2.C1CC2CCCC(C1)C2.C1CC2CCCC(C1)C2.C1CC2CCCC(C1)CC2.C1CC2CCCC(C1)CCC2.C1CCC2CCC(C1)C2.C1CCC2CCC(C1)CC2.C1CCC2CCCC(C1)CC2.C1CCC2CCCC(C1)CCC2. The first kappa shape index (κ1) is 100. The Morgan fingerprint density at radius 3 is 0.238 bits per heavy atom. The Balaban J connectivity index is 0.000000105. The lowest BCUT2D eigenvalue weighted by molar-refractivity contribution is 0.116. The average molecular weight is 1740 g/mol. The summed E-state index contributed by atoms with van der Waals surface area (Å²) in [5.74, 6) is 32.2. The number of rotatable bonds is 0. The minimum absolute atomic E-state index is 1.11. The molecule has 35 aliphatic carbocycles. The summed E-state index contributed by atoms with van der Waals surface area (Å²) in [6.45, 7) is 0. The van der Waals surface area contributed by atoms with Crippen LogP contribution in [0.3, 0.4) is 0 Å². The van der Waals surface area contributed by atoms with Gasteiger partial charge in [-0.3, -0.25) is 0 Å². The van der Waals surface area contributed by atoms with Gasteiger partial charge in [0.25, 0.3) is 0 Å². The Morgan fingerprint density at radius 1 is 0.0476 bits per heavy atom. The van der Waals surface area contributed by atoms with Gasteiger partial charge in [-0.05, 0) is 223 Å². The van der Waals surface area contributed by atoms with Crippen molar-refractivity contribution in [1.82, 2.24) is 0 Å². The van der Waals surface area contributed by atoms with Crippen LogP contribution in [0.5, 0.6) is 0 Å². The van der Waals surface area contributed by atoms with Crippen LogP contribution in [0.1, 0.15) is 629 Å². The van der Waals surface area contributed by atoms with Crippen LogP contribution >= 0.6 is 0 Å². The zero-order valence-corrected chi connectivity index (χ0v) is 85.5. The fraction of sp³-hybridized carbons (Fsp3) is 1.00. The third kappa shape index (κ3) is 37.4. The quantitative estimate of drug-likeness (QED) is 0.227. The van der Waals surface area contributed by atoms with E-state index in [4.69, 9.17) is 0 Å². The summed E-state index contributed by atoms with van der Waals surface area (Å²) in [5, 5.41) is 0. The maximum atomic E-state index is 1.58. The Morgan fingerprint density at radius 2 is 0.111 bits per heavy atom. The second-order valence-corrected chi connectivity index (χ2v) is 53.6. The lowest BCUT2D eigenvalue weighted by Crippen LogP contribution is -2.28. The highest BCUT2D eigenvalue weighted by Crippen LogP contribution is 2.51. The Hall–Kier alpha value is 0. The molecule has 35 saturated carbocycles. The van der Waals surface area contributed by atoms with Crippen LogP contribution in [0.2, 0.25) is 0 Å². The predicted molar refractivity (Wildman–Crippen MR) is 550 cm³/mol. The van der Waals surface area contributed by atoms with Crippen molar-refractivity contribution in [3.63, 3.8) is 0 Å². The average Bonchev–Trinajstić information content (AvgIpc) is 1.78. The van der Waals surface area contributed by atoms with Gasteiger partial charge in [-0.25, -0.2) is 0 Å². The van der Waals surface area contributed by atoms with Crippen LogP contribution in [0, 0.1) is 166 Å². The highest BCUT2D eigenvalue weighted by molar-refractivity contribution is 4.90. The molecule has 0 aromatic carbocycles. The third-order valence-electron chi connectivity index (χ3n) is 44.0. The van der Waals surface area contributed by atoms with Gasteiger partial charge in [0.1, 0.15) is 0 Å². The van der Waals surface area contributed by atoms with E-state index in [9.17, 15) is 0 Å². The Kier molecular flexibility index (Phi) is 46.3. The molecule has 0 nitrogen and oxygen atoms in total. The maximum Gasteiger partial charge on any atom is -0.0409 e. The van der Waals surface area contributed by atoms with Crippen LogP contribution in [0.4, 0.5) is 0 Å². The highest BCUT2D eigenvalue weighted by atomic mass is 14.4. The molecule has 0 saturated heterocycles. The van der Waals surface area contributed by atoms with Gasteiger partial charge in [0.2, 0.25) is 0 Å². The molecule has 6 atom stereocenters. The van der Waals surface area contributed by atoms with E-state index < -0.39 is 0 Å². The normalized spacial score (nSPS) is 42.7. The van der Waals surface area contributed by atoms with Crippen molar-refractivity contribution in [2.45, 2.75) is 629 Å². The molecule has 728 valence electrons. The van der Waals surface area contributed by atoms with Gasteiger partial charge in [-0.1, -0.05) is 571 Å². The zero-order chi connectivity index (χ0) is 85.5. The molecule has 0 aromatic heterocycles. The second-order valence-electron chi connectivity index (χ2n) is 53.6. The first-order valence-corrected chi connectivity index (χ1v) is 62.3. The van der Waals surface area contributed by atoms with Gasteiger partial charge in [-0.15, -0.1) is 0 Å². The van der Waals surface area contributed by atoms with Crippen molar-refractivity contribution < 1.29 is 0 Å². The van der Waals surface area contributed by atoms with E-state index in [1.54, 1.807) is 482 Å². The van der Waals surface area contributed by atoms with Gasteiger partial charge in [0.05, 0.1) is 0 Å². The molecule has 35 aliphatic rings. The highest BCUT2D eigenvalue weighted by Gasteiger charge is 2.38. The fourth-order valence-electron chi connectivity index (χ4n) is 35.4. The summed E-state index contributed by atoms with van der Waals surface area (Å²) in [6.07, 6.45) is 152. The van der Waals surface area contributed by atoms with Crippen molar-refractivity contribution in [2.75, 3.05) is 0 Å². The summed E-state index contributed by atoms with van der Waals surface area (Å²) in [5.41, 5.74) is 0. The lowest BCUT2D eigenvalue weighted by atomic mass is 9.65. The van der Waals surface area contributed by atoms with E-state index in [1.165, 1.54) is 183 Å². The largest absolute Gasteiger partial charge is 0.0530 e. The first-order valence-electron chi connectivity index (χ1n) is 62.3. The lowest BCUT2D eigenvalue weighted by Gasteiger charge is -2.40. The van der Waals surface area contributed by atoms with Crippen molar-refractivity contribution in [3.8, 4) is 0 Å². The summed E-state index contributed by atoms with van der Waals surface area (Å²) < 4.78 is 0. The topological polar surface area (TPSA) is 0 Å². The van der Waals surface area contributed by atoms with Gasteiger partial charge in [-0.2, -0.15) is 0 Å². The number of hydrogen-bond donors (Lipinski definition) is 0. The van der Waals surface area contributed by atoms with E-state index >= 15 is 0 Å². The van der Waals surface area contributed by atoms with Crippen LogP contribution in [-0.4, -0.2) is 0 Å². The van der Waals surface area contributed by atoms with Crippen molar-refractivity contribution in [1.29, 1.82) is 0 Å². The summed E-state index contributed by atoms with van der Waals surface area (Å²) in [7, 11) is 0. The molecule has 0 radical (unpaired) electrons. The fourth-order valence-corrected chi connectivity index (χ4v) is 35.4. The molecule has 126 heavy (non-hydrogen) atoms. The molecule has 6 unspecified atom stereocenters. The zero-order valence-electron chi connectivity index (χ0n) is 85.5. The minimum Gasteiger partial charge on any atom is -0.0530 e. The molecular formula is C126H224. The molecule has 35 fully saturated rings. The Bertz CT molecular complexity index is 2360. The molecule has 0 heterocycles. The molecule has 35 rings (SSSR count). The van der Waals surface area contributed by atoms with Crippen LogP contribution < -0.4 is 0 Å². The van der Waals surface area contributed by atoms with Crippen molar-refractivity contribution >= 4 is 0 Å². The molecule has 0 spiro atoms. The molecule has 0 aromatic rings. The number of fused-ring (bicyclic) bond motifs is 44. The van der Waals surface area contributed by atoms with E-state index in [0.717, 1.165) is 130 Å². The van der Waals surface area contributed by atoms with Gasteiger partial charge < -0.3 is 0 Å². The van der Waals surface area contributed by atoms with Gasteiger partial charge in [0, 0.05) is 0 Å². The second kappa shape index (κ2) is 58.0. The first-order chi connectivity index (χ1) is 62.3. The third-order valence-corrected chi connectivity index (χ3v) is 44.0. The van der Waals surface area contributed by atoms with Gasteiger partial charge in [0.15, 0.2) is 0 Å². The maximum absolute atomic E-state index is 1.58. The smallest absolute Gasteiger partial charge is 0.0409 e. The van der Waals surface area contributed by atoms with Crippen LogP contribution in [0.15, 0.2) is 0 Å². The molecule has 0 N–H and O–H groups in total. The van der Waals surface area contributed by atoms with Crippen LogP contribution in [-0.2, 0) is 0 Å². The van der Waals surface area contributed by atoms with Crippen LogP contribution in [0.25, 0.3) is 0 Å². The summed E-state index contributed by atoms with van der Waals surface area (Å²) in [4.78, 5) is 0. The molecular weight excluding hydrogens is 1510 g/mol.